The normalized spacial score (nSPS) is 10.7. The van der Waals surface area contributed by atoms with Gasteiger partial charge in [0.1, 0.15) is 17.9 Å². The van der Waals surface area contributed by atoms with Gasteiger partial charge in [0.25, 0.3) is 0 Å². The molecule has 3 rings (SSSR count). The van der Waals surface area contributed by atoms with Crippen LogP contribution in [0.15, 0.2) is 42.6 Å². The van der Waals surface area contributed by atoms with Gasteiger partial charge in [-0.3, -0.25) is 0 Å². The summed E-state index contributed by atoms with van der Waals surface area (Å²) in [5.41, 5.74) is 1.45. The first-order valence-corrected chi connectivity index (χ1v) is 6.41. The predicted molar refractivity (Wildman–Crippen MR) is 75.5 cm³/mol. The molecule has 0 aliphatic rings. The average Bonchev–Trinajstić information content (AvgIpc) is 2.88. The van der Waals surface area contributed by atoms with Gasteiger partial charge < -0.3 is 9.84 Å². The number of carboxylic acids is 1. The molecule has 0 unspecified atom stereocenters. The van der Waals surface area contributed by atoms with Gasteiger partial charge in [0.05, 0.1) is 0 Å². The molecule has 0 spiro atoms. The number of ether oxygens (including phenoxy) is 1. The van der Waals surface area contributed by atoms with E-state index in [4.69, 9.17) is 9.84 Å². The van der Waals surface area contributed by atoms with Crippen molar-refractivity contribution in [2.24, 2.45) is 0 Å². The maximum absolute atomic E-state index is 11.1. The lowest BCUT2D eigenvalue weighted by Crippen LogP contribution is -2.00. The Kier molecular flexibility index (Phi) is 3.27. The molecule has 3 aromatic rings. The van der Waals surface area contributed by atoms with Crippen LogP contribution in [0.3, 0.4) is 0 Å². The van der Waals surface area contributed by atoms with Crippen LogP contribution < -0.4 is 4.74 Å². The van der Waals surface area contributed by atoms with Gasteiger partial charge in [-0.2, -0.15) is 0 Å². The van der Waals surface area contributed by atoms with E-state index in [-0.39, 0.29) is 12.2 Å². The number of hydrogen-bond acceptors (Lipinski definition) is 4. The minimum absolute atomic E-state index is 0.118. The SMILES string of the molecule is Cc1ccccc1OCc1nc2c(C(=O)O)cccn2n1. The fourth-order valence-corrected chi connectivity index (χ4v) is 2.04. The summed E-state index contributed by atoms with van der Waals surface area (Å²) in [6.45, 7) is 2.14. The molecule has 6 nitrogen and oxygen atoms in total. The van der Waals surface area contributed by atoms with Gasteiger partial charge in [0, 0.05) is 6.20 Å². The van der Waals surface area contributed by atoms with E-state index in [1.54, 1.807) is 12.3 Å². The summed E-state index contributed by atoms with van der Waals surface area (Å²) < 4.78 is 7.11. The molecule has 0 bridgehead atoms. The smallest absolute Gasteiger partial charge is 0.339 e. The molecular weight excluding hydrogens is 270 g/mol. The molecular formula is C15H13N3O3. The number of pyridine rings is 1. The Morgan fingerprint density at radius 2 is 2.10 bits per heavy atom. The summed E-state index contributed by atoms with van der Waals surface area (Å²) >= 11 is 0. The van der Waals surface area contributed by atoms with Crippen LogP contribution in [0.2, 0.25) is 0 Å². The molecule has 0 fully saturated rings. The summed E-state index contributed by atoms with van der Waals surface area (Å²) in [7, 11) is 0. The molecule has 2 heterocycles. The van der Waals surface area contributed by atoms with Gasteiger partial charge in [-0.1, -0.05) is 18.2 Å². The third-order valence-corrected chi connectivity index (χ3v) is 3.09. The minimum Gasteiger partial charge on any atom is -0.485 e. The van der Waals surface area contributed by atoms with Crippen LogP contribution in [0.1, 0.15) is 21.7 Å². The summed E-state index contributed by atoms with van der Waals surface area (Å²) in [6.07, 6.45) is 1.66. The fraction of sp³-hybridized carbons (Fsp3) is 0.133. The largest absolute Gasteiger partial charge is 0.485 e. The third-order valence-electron chi connectivity index (χ3n) is 3.09. The Morgan fingerprint density at radius 3 is 2.86 bits per heavy atom. The molecule has 1 aromatic carbocycles. The van der Waals surface area contributed by atoms with Crippen LogP contribution in [0.25, 0.3) is 5.65 Å². The maximum atomic E-state index is 11.1. The number of aromatic nitrogens is 3. The molecule has 0 atom stereocenters. The van der Waals surface area contributed by atoms with E-state index in [1.807, 2.05) is 31.2 Å². The van der Waals surface area contributed by atoms with Crippen molar-refractivity contribution in [3.8, 4) is 5.75 Å². The highest BCUT2D eigenvalue weighted by atomic mass is 16.5. The zero-order chi connectivity index (χ0) is 14.8. The van der Waals surface area contributed by atoms with Crippen molar-refractivity contribution in [1.82, 2.24) is 14.6 Å². The van der Waals surface area contributed by atoms with Crippen LogP contribution in [0.5, 0.6) is 5.75 Å². The van der Waals surface area contributed by atoms with Crippen LogP contribution in [-0.4, -0.2) is 25.7 Å². The van der Waals surface area contributed by atoms with Crippen molar-refractivity contribution in [1.29, 1.82) is 0 Å². The lowest BCUT2D eigenvalue weighted by molar-refractivity contribution is 0.0698. The summed E-state index contributed by atoms with van der Waals surface area (Å²) in [5, 5.41) is 13.3. The molecule has 6 heteroatoms. The van der Waals surface area contributed by atoms with Crippen LogP contribution in [-0.2, 0) is 6.61 Å². The number of carbonyl (C=O) groups is 1. The second-order valence-corrected chi connectivity index (χ2v) is 4.58. The van der Waals surface area contributed by atoms with Gasteiger partial charge in [0.15, 0.2) is 11.5 Å². The molecule has 0 aliphatic carbocycles. The van der Waals surface area contributed by atoms with E-state index < -0.39 is 5.97 Å². The van der Waals surface area contributed by atoms with Gasteiger partial charge in [0.2, 0.25) is 0 Å². The number of carboxylic acid groups (broad SMARTS) is 1. The second kappa shape index (κ2) is 5.24. The van der Waals surface area contributed by atoms with Gasteiger partial charge in [-0.05, 0) is 30.7 Å². The zero-order valence-corrected chi connectivity index (χ0v) is 11.4. The van der Waals surface area contributed by atoms with Crippen molar-refractivity contribution in [3.63, 3.8) is 0 Å². The Bertz CT molecular complexity index is 811. The van der Waals surface area contributed by atoms with Crippen molar-refractivity contribution in [3.05, 3.63) is 59.5 Å². The molecule has 0 radical (unpaired) electrons. The first-order valence-electron chi connectivity index (χ1n) is 6.41. The number of aryl methyl sites for hydroxylation is 1. The van der Waals surface area contributed by atoms with Crippen molar-refractivity contribution in [2.75, 3.05) is 0 Å². The predicted octanol–water partition coefficient (Wildman–Crippen LogP) is 2.31. The Hall–Kier alpha value is -2.89. The van der Waals surface area contributed by atoms with Crippen molar-refractivity contribution in [2.45, 2.75) is 13.5 Å². The van der Waals surface area contributed by atoms with E-state index in [9.17, 15) is 4.79 Å². The van der Waals surface area contributed by atoms with E-state index in [2.05, 4.69) is 10.1 Å². The van der Waals surface area contributed by atoms with Crippen molar-refractivity contribution < 1.29 is 14.6 Å². The summed E-state index contributed by atoms with van der Waals surface area (Å²) in [6, 6.07) is 10.8. The topological polar surface area (TPSA) is 76.7 Å². The quantitative estimate of drug-likeness (QED) is 0.795. The Morgan fingerprint density at radius 1 is 1.29 bits per heavy atom. The first-order chi connectivity index (χ1) is 10.1. The molecule has 2 aromatic heterocycles. The van der Waals surface area contributed by atoms with Gasteiger partial charge in [-0.25, -0.2) is 14.3 Å². The summed E-state index contributed by atoms with van der Waals surface area (Å²) in [5.74, 6) is 0.168. The number of benzene rings is 1. The standard InChI is InChI=1S/C15H13N3O3/c1-10-5-2-3-7-12(10)21-9-13-16-14-11(15(19)20)6-4-8-18(14)17-13/h2-8H,9H2,1H3,(H,19,20). The van der Waals surface area contributed by atoms with Crippen LogP contribution >= 0.6 is 0 Å². The average molecular weight is 283 g/mol. The molecule has 0 saturated heterocycles. The molecule has 106 valence electrons. The first kappa shape index (κ1) is 13.1. The van der Waals surface area contributed by atoms with Gasteiger partial charge in [-0.15, -0.1) is 5.10 Å². The monoisotopic (exact) mass is 283 g/mol. The number of fused-ring (bicyclic) bond motifs is 1. The highest BCUT2D eigenvalue weighted by Crippen LogP contribution is 2.17. The molecule has 0 saturated carbocycles. The van der Waals surface area contributed by atoms with E-state index >= 15 is 0 Å². The number of rotatable bonds is 4. The lowest BCUT2D eigenvalue weighted by Gasteiger charge is -2.05. The third kappa shape index (κ3) is 2.55. The summed E-state index contributed by atoms with van der Waals surface area (Å²) in [4.78, 5) is 15.4. The Balaban J connectivity index is 1.87. The van der Waals surface area contributed by atoms with E-state index in [0.717, 1.165) is 11.3 Å². The lowest BCUT2D eigenvalue weighted by atomic mass is 10.2. The zero-order valence-electron chi connectivity index (χ0n) is 11.4. The molecule has 0 amide bonds. The molecule has 0 aliphatic heterocycles. The van der Waals surface area contributed by atoms with Crippen LogP contribution in [0.4, 0.5) is 0 Å². The number of para-hydroxylation sites is 1. The highest BCUT2D eigenvalue weighted by molar-refractivity contribution is 5.94. The van der Waals surface area contributed by atoms with Crippen molar-refractivity contribution >= 4 is 11.6 Å². The van der Waals surface area contributed by atoms with E-state index in [0.29, 0.717) is 11.5 Å². The maximum Gasteiger partial charge on any atom is 0.339 e. The second-order valence-electron chi connectivity index (χ2n) is 4.58. The van der Waals surface area contributed by atoms with E-state index in [1.165, 1.54) is 10.6 Å². The number of hydrogen-bond donors (Lipinski definition) is 1. The highest BCUT2D eigenvalue weighted by Gasteiger charge is 2.13. The number of nitrogens with zero attached hydrogens (tertiary/aromatic N) is 3. The Labute approximate surface area is 120 Å². The van der Waals surface area contributed by atoms with Crippen LogP contribution in [0, 0.1) is 6.92 Å². The fourth-order valence-electron chi connectivity index (χ4n) is 2.04. The number of aromatic carboxylic acids is 1. The molecule has 1 N–H and O–H groups in total. The molecule has 21 heavy (non-hydrogen) atoms. The van der Waals surface area contributed by atoms with Gasteiger partial charge >= 0.3 is 5.97 Å². The minimum atomic E-state index is -1.03.